The molecule has 0 atom stereocenters. The van der Waals surface area contributed by atoms with E-state index in [0.29, 0.717) is 13.1 Å². The first-order chi connectivity index (χ1) is 3.83. The normalized spacial score (nSPS) is 5.56. The van der Waals surface area contributed by atoms with Gasteiger partial charge in [0.1, 0.15) is 0 Å². The van der Waals surface area contributed by atoms with Crippen LogP contribution in [0.4, 0.5) is 0 Å². The van der Waals surface area contributed by atoms with Gasteiger partial charge >= 0.3 is 21.1 Å². The first kappa shape index (κ1) is 16.0. The fourth-order valence-electron chi connectivity index (χ4n) is 0. The Morgan fingerprint density at radius 2 is 1.11 bits per heavy atom. The van der Waals surface area contributed by atoms with Crippen molar-refractivity contribution in [3.05, 3.63) is 36.8 Å². The Balaban J connectivity index is -0.0000000720. The van der Waals surface area contributed by atoms with Gasteiger partial charge in [-0.1, -0.05) is 0 Å². The van der Waals surface area contributed by atoms with Crippen LogP contribution in [0.2, 0.25) is 0 Å². The summed E-state index contributed by atoms with van der Waals surface area (Å²) < 4.78 is 0. The Morgan fingerprint density at radius 1 is 1.00 bits per heavy atom. The summed E-state index contributed by atoms with van der Waals surface area (Å²) >= 11 is 0. The van der Waals surface area contributed by atoms with Gasteiger partial charge in [0.2, 0.25) is 0 Å². The van der Waals surface area contributed by atoms with E-state index in [1.165, 1.54) is 0 Å². The second kappa shape index (κ2) is 24.3. The van der Waals surface area contributed by atoms with Gasteiger partial charge in [-0.15, -0.1) is 38.4 Å². The van der Waals surface area contributed by atoms with E-state index < -0.39 is 0 Å². The summed E-state index contributed by atoms with van der Waals surface area (Å²) in [6.45, 7) is 7.25. The van der Waals surface area contributed by atoms with Crippen LogP contribution in [0.25, 0.3) is 11.5 Å². The van der Waals surface area contributed by atoms with E-state index in [9.17, 15) is 0 Å². The molecule has 0 heterocycles. The smallest absolute Gasteiger partial charge is 0.674 e. The van der Waals surface area contributed by atoms with Crippen molar-refractivity contribution in [2.45, 2.75) is 0 Å². The molecule has 9 heavy (non-hydrogen) atoms. The average Bonchev–Trinajstić information content (AvgIpc) is 1.88. The van der Waals surface area contributed by atoms with Crippen molar-refractivity contribution in [3.63, 3.8) is 0 Å². The maximum Gasteiger partial charge on any atom is 2.00 e. The minimum atomic E-state index is 0. The zero-order valence-corrected chi connectivity index (χ0v) is 8.32. The van der Waals surface area contributed by atoms with Gasteiger partial charge in [0, 0.05) is 0 Å². The molecule has 0 saturated carbocycles. The minimum absolute atomic E-state index is 0. The summed E-state index contributed by atoms with van der Waals surface area (Å²) in [6, 6.07) is 0. The van der Waals surface area contributed by atoms with Crippen molar-refractivity contribution in [1.82, 2.24) is 0 Å². The van der Waals surface area contributed by atoms with E-state index in [1.54, 1.807) is 12.2 Å². The topological polar surface area (TPSA) is 47.6 Å². The van der Waals surface area contributed by atoms with Crippen molar-refractivity contribution in [2.24, 2.45) is 0 Å². The SMILES string of the molecule is C=CC[NH-].C=CC[NH-].[W+2]. The maximum atomic E-state index is 6.33. The van der Waals surface area contributed by atoms with Crippen molar-refractivity contribution >= 4 is 0 Å². The Labute approximate surface area is 71.3 Å². The molecule has 0 aliphatic carbocycles. The molecule has 0 fully saturated rings. The van der Waals surface area contributed by atoms with Gasteiger partial charge in [0.25, 0.3) is 0 Å². The van der Waals surface area contributed by atoms with Crippen LogP contribution in [0.15, 0.2) is 25.3 Å². The summed E-state index contributed by atoms with van der Waals surface area (Å²) in [5.41, 5.74) is 12.7. The summed E-state index contributed by atoms with van der Waals surface area (Å²) in [5.74, 6) is 0. The van der Waals surface area contributed by atoms with Crippen LogP contribution in [0.1, 0.15) is 0 Å². The Kier molecular flexibility index (Phi) is 43.3. The summed E-state index contributed by atoms with van der Waals surface area (Å²) in [4.78, 5) is 0. The third-order valence-corrected chi connectivity index (χ3v) is 0.289. The van der Waals surface area contributed by atoms with E-state index >= 15 is 0 Å². The fraction of sp³-hybridized carbons (Fsp3) is 0.333. The van der Waals surface area contributed by atoms with Gasteiger partial charge < -0.3 is 11.5 Å². The van der Waals surface area contributed by atoms with Crippen LogP contribution in [-0.2, 0) is 21.1 Å². The molecular weight excluding hydrogens is 284 g/mol. The van der Waals surface area contributed by atoms with Crippen LogP contribution in [0, 0.1) is 0 Å². The van der Waals surface area contributed by atoms with Crippen LogP contribution >= 0.6 is 0 Å². The molecule has 0 radical (unpaired) electrons. The first-order valence-corrected chi connectivity index (χ1v) is 2.34. The standard InChI is InChI=1S/2C3H6N.W/c2*1-2-3-4;/h2*2,4H,1,3H2;/q2*-1;+2. The zero-order valence-electron chi connectivity index (χ0n) is 5.39. The summed E-state index contributed by atoms with van der Waals surface area (Å²) in [5, 5.41) is 0. The predicted molar refractivity (Wildman–Crippen MR) is 38.8 cm³/mol. The van der Waals surface area contributed by atoms with Gasteiger partial charge in [0.05, 0.1) is 0 Å². The molecule has 0 bridgehead atoms. The molecule has 0 aromatic heterocycles. The largest absolute Gasteiger partial charge is 2.00 e. The molecule has 0 unspecified atom stereocenters. The number of hydrogen-bond donors (Lipinski definition) is 0. The van der Waals surface area contributed by atoms with Crippen LogP contribution in [0.3, 0.4) is 0 Å². The molecule has 0 spiro atoms. The molecule has 3 heteroatoms. The first-order valence-electron chi connectivity index (χ1n) is 2.34. The minimum Gasteiger partial charge on any atom is -0.674 e. The molecule has 2 nitrogen and oxygen atoms in total. The van der Waals surface area contributed by atoms with Crippen molar-refractivity contribution in [3.8, 4) is 0 Å². The van der Waals surface area contributed by atoms with E-state index in [4.69, 9.17) is 11.5 Å². The molecule has 0 amide bonds. The van der Waals surface area contributed by atoms with Crippen molar-refractivity contribution in [1.29, 1.82) is 0 Å². The number of nitrogens with one attached hydrogen (secondary N) is 2. The Hall–Kier alpha value is 0.0883. The third kappa shape index (κ3) is 68.7. The molecule has 0 aromatic carbocycles. The van der Waals surface area contributed by atoms with Gasteiger partial charge in [0.15, 0.2) is 0 Å². The quantitative estimate of drug-likeness (QED) is 0.703. The van der Waals surface area contributed by atoms with Gasteiger partial charge in [-0.05, 0) is 0 Å². The molecular formula is C6H12N2W. The second-order valence-electron chi connectivity index (χ2n) is 0.986. The van der Waals surface area contributed by atoms with E-state index in [0.717, 1.165) is 0 Å². The molecule has 0 rings (SSSR count). The molecule has 0 saturated heterocycles. The second-order valence-corrected chi connectivity index (χ2v) is 0.986. The molecule has 2 N–H and O–H groups in total. The Bertz CT molecular complexity index is 47.0. The van der Waals surface area contributed by atoms with Crippen LogP contribution in [-0.4, -0.2) is 13.1 Å². The van der Waals surface area contributed by atoms with E-state index in [-0.39, 0.29) is 21.1 Å². The number of hydrogen-bond acceptors (Lipinski definition) is 0. The summed E-state index contributed by atoms with van der Waals surface area (Å²) in [7, 11) is 0. The molecule has 52 valence electrons. The third-order valence-electron chi connectivity index (χ3n) is 0.289. The predicted octanol–water partition coefficient (Wildman–Crippen LogP) is 2.45. The summed E-state index contributed by atoms with van der Waals surface area (Å²) in [6.07, 6.45) is 3.08. The molecule has 0 aliphatic heterocycles. The molecule has 0 aromatic rings. The molecule has 0 aliphatic rings. The zero-order chi connectivity index (χ0) is 6.83. The van der Waals surface area contributed by atoms with E-state index in [1.807, 2.05) is 0 Å². The average molecular weight is 296 g/mol. The monoisotopic (exact) mass is 296 g/mol. The van der Waals surface area contributed by atoms with E-state index in [2.05, 4.69) is 13.2 Å². The Morgan fingerprint density at radius 3 is 1.11 bits per heavy atom. The maximum absolute atomic E-state index is 6.33. The number of rotatable bonds is 2. The van der Waals surface area contributed by atoms with Gasteiger partial charge in [-0.2, -0.15) is 0 Å². The van der Waals surface area contributed by atoms with Gasteiger partial charge in [-0.3, -0.25) is 0 Å². The van der Waals surface area contributed by atoms with Crippen molar-refractivity contribution in [2.75, 3.05) is 13.1 Å². The van der Waals surface area contributed by atoms with Crippen molar-refractivity contribution < 1.29 is 21.1 Å². The van der Waals surface area contributed by atoms with Gasteiger partial charge in [-0.25, -0.2) is 0 Å². The van der Waals surface area contributed by atoms with Crippen LogP contribution < -0.4 is 0 Å². The fourth-order valence-corrected chi connectivity index (χ4v) is 0. The van der Waals surface area contributed by atoms with Crippen LogP contribution in [0.5, 0.6) is 0 Å².